The molecule has 1 aliphatic rings. The van der Waals surface area contributed by atoms with Gasteiger partial charge in [-0.15, -0.1) is 0 Å². The molecule has 0 bridgehead atoms. The number of likely N-dealkylation sites (tertiary alicyclic amines) is 1. The van der Waals surface area contributed by atoms with Crippen molar-refractivity contribution >= 4 is 11.7 Å². The molecule has 6 nitrogen and oxygen atoms in total. The van der Waals surface area contributed by atoms with Crippen LogP contribution < -0.4 is 15.4 Å². The van der Waals surface area contributed by atoms with Gasteiger partial charge in [0.2, 0.25) is 5.88 Å². The maximum atomic E-state index is 12.1. The van der Waals surface area contributed by atoms with Gasteiger partial charge in [-0.1, -0.05) is 30.3 Å². The van der Waals surface area contributed by atoms with Gasteiger partial charge in [0.1, 0.15) is 0 Å². The molecule has 0 unspecified atom stereocenters. The van der Waals surface area contributed by atoms with E-state index in [9.17, 15) is 4.79 Å². The zero-order chi connectivity index (χ0) is 16.8. The summed E-state index contributed by atoms with van der Waals surface area (Å²) in [4.78, 5) is 18.5. The van der Waals surface area contributed by atoms with Crippen molar-refractivity contribution in [2.75, 3.05) is 25.5 Å². The molecule has 2 N–H and O–H groups in total. The number of hydrogen-bond donors (Lipinski definition) is 2. The lowest BCUT2D eigenvalue weighted by Gasteiger charge is -2.17. The standard InChI is InChI=1S/C18H22N4O2/c1-24-17-8-7-15(11-19-17)20-18(23)21-16-9-10-22(13-16)12-14-5-3-2-4-6-14/h2-8,11,16H,9-10,12-13H2,1H3,(H2,20,21,23)/t16-/m1/s1. The second kappa shape index (κ2) is 7.79. The van der Waals surface area contributed by atoms with Gasteiger partial charge in [-0.3, -0.25) is 4.90 Å². The number of ether oxygens (including phenoxy) is 1. The van der Waals surface area contributed by atoms with E-state index in [2.05, 4.69) is 44.8 Å². The van der Waals surface area contributed by atoms with Gasteiger partial charge in [-0.25, -0.2) is 9.78 Å². The molecule has 1 fully saturated rings. The van der Waals surface area contributed by atoms with Crippen molar-refractivity contribution in [1.82, 2.24) is 15.2 Å². The molecule has 0 radical (unpaired) electrons. The first-order valence-electron chi connectivity index (χ1n) is 8.07. The third kappa shape index (κ3) is 4.45. The van der Waals surface area contributed by atoms with E-state index >= 15 is 0 Å². The predicted octanol–water partition coefficient (Wildman–Crippen LogP) is 2.49. The van der Waals surface area contributed by atoms with Crippen LogP contribution in [-0.4, -0.2) is 42.2 Å². The summed E-state index contributed by atoms with van der Waals surface area (Å²) in [5, 5.41) is 5.82. The Kier molecular flexibility index (Phi) is 5.28. The number of amides is 2. The molecule has 2 heterocycles. The minimum atomic E-state index is -0.200. The number of carbonyl (C=O) groups is 1. The summed E-state index contributed by atoms with van der Waals surface area (Å²) < 4.78 is 5.00. The van der Waals surface area contributed by atoms with Crippen molar-refractivity contribution in [3.63, 3.8) is 0 Å². The number of hydrogen-bond acceptors (Lipinski definition) is 4. The first-order valence-corrected chi connectivity index (χ1v) is 8.07. The maximum Gasteiger partial charge on any atom is 0.319 e. The minimum Gasteiger partial charge on any atom is -0.481 e. The number of nitrogens with one attached hydrogen (secondary N) is 2. The molecule has 24 heavy (non-hydrogen) atoms. The fourth-order valence-corrected chi connectivity index (χ4v) is 2.86. The SMILES string of the molecule is COc1ccc(NC(=O)N[C@@H]2CCN(Cc3ccccc3)C2)cn1. The van der Waals surface area contributed by atoms with Crippen LogP contribution >= 0.6 is 0 Å². The fraction of sp³-hybridized carbons (Fsp3) is 0.333. The quantitative estimate of drug-likeness (QED) is 0.886. The number of benzene rings is 1. The summed E-state index contributed by atoms with van der Waals surface area (Å²) in [5.41, 5.74) is 1.94. The number of nitrogens with zero attached hydrogens (tertiary/aromatic N) is 2. The summed E-state index contributed by atoms with van der Waals surface area (Å²) in [7, 11) is 1.56. The number of carbonyl (C=O) groups excluding carboxylic acids is 1. The molecule has 3 rings (SSSR count). The molecule has 1 saturated heterocycles. The first-order chi connectivity index (χ1) is 11.7. The maximum absolute atomic E-state index is 12.1. The van der Waals surface area contributed by atoms with Crippen LogP contribution in [0.15, 0.2) is 48.7 Å². The Morgan fingerprint density at radius 2 is 2.12 bits per heavy atom. The largest absolute Gasteiger partial charge is 0.481 e. The van der Waals surface area contributed by atoms with Gasteiger partial charge in [0.15, 0.2) is 0 Å². The molecule has 1 atom stereocenters. The van der Waals surface area contributed by atoms with Crippen molar-refractivity contribution in [2.24, 2.45) is 0 Å². The zero-order valence-electron chi connectivity index (χ0n) is 13.7. The van der Waals surface area contributed by atoms with Crippen LogP contribution in [0.4, 0.5) is 10.5 Å². The van der Waals surface area contributed by atoms with E-state index in [1.54, 1.807) is 25.4 Å². The first kappa shape index (κ1) is 16.3. The van der Waals surface area contributed by atoms with Gasteiger partial charge < -0.3 is 15.4 Å². The smallest absolute Gasteiger partial charge is 0.319 e. The summed E-state index contributed by atoms with van der Waals surface area (Å²) in [6.07, 6.45) is 2.54. The average molecular weight is 326 g/mol. The number of methoxy groups -OCH3 is 1. The summed E-state index contributed by atoms with van der Waals surface area (Å²) in [6, 6.07) is 13.8. The van der Waals surface area contributed by atoms with Crippen LogP contribution in [0.1, 0.15) is 12.0 Å². The molecule has 126 valence electrons. The Bertz CT molecular complexity index is 660. The molecule has 6 heteroatoms. The van der Waals surface area contributed by atoms with E-state index in [0.29, 0.717) is 11.6 Å². The highest BCUT2D eigenvalue weighted by atomic mass is 16.5. The van der Waals surface area contributed by atoms with E-state index in [0.717, 1.165) is 26.1 Å². The molecule has 0 saturated carbocycles. The van der Waals surface area contributed by atoms with Gasteiger partial charge >= 0.3 is 6.03 Å². The number of rotatable bonds is 5. The molecular weight excluding hydrogens is 304 g/mol. The number of anilines is 1. The Morgan fingerprint density at radius 1 is 1.29 bits per heavy atom. The zero-order valence-corrected chi connectivity index (χ0v) is 13.7. The highest BCUT2D eigenvalue weighted by Gasteiger charge is 2.23. The van der Waals surface area contributed by atoms with Crippen molar-refractivity contribution < 1.29 is 9.53 Å². The predicted molar refractivity (Wildman–Crippen MR) is 93.1 cm³/mol. The Hall–Kier alpha value is -2.60. The monoisotopic (exact) mass is 326 g/mol. The van der Waals surface area contributed by atoms with Crippen molar-refractivity contribution in [3.05, 3.63) is 54.2 Å². The van der Waals surface area contributed by atoms with Crippen molar-refractivity contribution in [2.45, 2.75) is 19.0 Å². The Balaban J connectivity index is 1.45. The van der Waals surface area contributed by atoms with E-state index in [4.69, 9.17) is 4.74 Å². The van der Waals surface area contributed by atoms with Crippen LogP contribution in [0.2, 0.25) is 0 Å². The van der Waals surface area contributed by atoms with Gasteiger partial charge in [0.05, 0.1) is 19.0 Å². The molecule has 0 spiro atoms. The molecule has 1 aromatic carbocycles. The highest BCUT2D eigenvalue weighted by molar-refractivity contribution is 5.89. The lowest BCUT2D eigenvalue weighted by molar-refractivity contribution is 0.247. The topological polar surface area (TPSA) is 66.5 Å². The second-order valence-corrected chi connectivity index (χ2v) is 5.89. The van der Waals surface area contributed by atoms with E-state index in [-0.39, 0.29) is 12.1 Å². The van der Waals surface area contributed by atoms with E-state index < -0.39 is 0 Å². The van der Waals surface area contributed by atoms with E-state index in [1.165, 1.54) is 5.56 Å². The van der Waals surface area contributed by atoms with Crippen LogP contribution in [0.25, 0.3) is 0 Å². The van der Waals surface area contributed by atoms with Gasteiger partial charge in [0.25, 0.3) is 0 Å². The van der Waals surface area contributed by atoms with Gasteiger partial charge in [0, 0.05) is 31.7 Å². The lowest BCUT2D eigenvalue weighted by atomic mass is 10.2. The molecule has 0 aliphatic carbocycles. The molecule has 1 aromatic heterocycles. The van der Waals surface area contributed by atoms with Crippen LogP contribution in [-0.2, 0) is 6.54 Å². The minimum absolute atomic E-state index is 0.167. The fourth-order valence-electron chi connectivity index (χ4n) is 2.86. The summed E-state index contributed by atoms with van der Waals surface area (Å²) in [5.74, 6) is 0.522. The summed E-state index contributed by atoms with van der Waals surface area (Å²) in [6.45, 7) is 2.77. The number of urea groups is 1. The molecule has 2 aromatic rings. The van der Waals surface area contributed by atoms with Gasteiger partial charge in [-0.05, 0) is 18.1 Å². The van der Waals surface area contributed by atoms with Crippen LogP contribution in [0, 0.1) is 0 Å². The average Bonchev–Trinajstić information content (AvgIpc) is 3.03. The lowest BCUT2D eigenvalue weighted by Crippen LogP contribution is -2.39. The molecular formula is C18H22N4O2. The second-order valence-electron chi connectivity index (χ2n) is 5.89. The third-order valence-electron chi connectivity index (χ3n) is 4.06. The van der Waals surface area contributed by atoms with Crippen molar-refractivity contribution in [3.8, 4) is 5.88 Å². The third-order valence-corrected chi connectivity index (χ3v) is 4.06. The molecule has 1 aliphatic heterocycles. The number of aromatic nitrogens is 1. The van der Waals surface area contributed by atoms with Crippen LogP contribution in [0.3, 0.4) is 0 Å². The highest BCUT2D eigenvalue weighted by Crippen LogP contribution is 2.14. The summed E-state index contributed by atoms with van der Waals surface area (Å²) >= 11 is 0. The Labute approximate surface area is 141 Å². The molecule has 2 amide bonds. The Morgan fingerprint density at radius 3 is 2.83 bits per heavy atom. The van der Waals surface area contributed by atoms with Gasteiger partial charge in [-0.2, -0.15) is 0 Å². The van der Waals surface area contributed by atoms with Crippen molar-refractivity contribution in [1.29, 1.82) is 0 Å². The number of pyridine rings is 1. The normalized spacial score (nSPS) is 17.5. The van der Waals surface area contributed by atoms with E-state index in [1.807, 2.05) is 6.07 Å². The van der Waals surface area contributed by atoms with Crippen LogP contribution in [0.5, 0.6) is 5.88 Å².